The summed E-state index contributed by atoms with van der Waals surface area (Å²) in [5, 5.41) is 0.333. The first kappa shape index (κ1) is 27.4. The first-order valence-corrected chi connectivity index (χ1v) is 13.5. The molecule has 2 aromatic heterocycles. The average Bonchev–Trinajstić information content (AvgIpc) is 2.80. The lowest BCUT2D eigenvalue weighted by Crippen LogP contribution is -2.50. The number of ether oxygens (including phenoxy) is 1. The highest BCUT2D eigenvalue weighted by atomic mass is 32.2. The van der Waals surface area contributed by atoms with Crippen molar-refractivity contribution < 1.29 is 31.1 Å². The monoisotopic (exact) mass is 552 g/mol. The Kier molecular flexibility index (Phi) is 6.89. The van der Waals surface area contributed by atoms with Crippen molar-refractivity contribution in [3.63, 3.8) is 0 Å². The van der Waals surface area contributed by atoms with E-state index in [0.29, 0.717) is 37.4 Å². The summed E-state index contributed by atoms with van der Waals surface area (Å²) >= 11 is 0. The van der Waals surface area contributed by atoms with E-state index in [9.17, 15) is 26.4 Å². The standard InChI is InChI=1S/C24H27F3N6O4S/c1-23(2,3)37-22(34)33-9-7-32(8-10-33)21-14-12-18(38(4,35)36)15(11-17(14)29-13-30-21)20-16(24(25,26)27)5-6-19(28)31-20/h5-6,11-13H,7-10H2,1-4H3,(H2,28,31). The maximum Gasteiger partial charge on any atom is 0.418 e. The zero-order valence-corrected chi connectivity index (χ0v) is 22.0. The predicted octanol–water partition coefficient (Wildman–Crippen LogP) is 3.75. The largest absolute Gasteiger partial charge is 0.444 e. The quantitative estimate of drug-likeness (QED) is 0.516. The van der Waals surface area contributed by atoms with E-state index in [-0.39, 0.29) is 21.8 Å². The van der Waals surface area contributed by atoms with Gasteiger partial charge in [0.05, 0.1) is 21.7 Å². The van der Waals surface area contributed by atoms with Crippen LogP contribution in [-0.4, -0.2) is 72.4 Å². The first-order valence-electron chi connectivity index (χ1n) is 11.6. The number of rotatable bonds is 3. The van der Waals surface area contributed by atoms with Gasteiger partial charge in [-0.05, 0) is 45.0 Å². The summed E-state index contributed by atoms with van der Waals surface area (Å²) in [4.78, 5) is 27.8. The van der Waals surface area contributed by atoms with Crippen molar-refractivity contribution in [2.75, 3.05) is 43.1 Å². The minimum Gasteiger partial charge on any atom is -0.444 e. The number of carbonyl (C=O) groups excluding carboxylic acids is 1. The molecular formula is C24H27F3N6O4S. The SMILES string of the molecule is CC(C)(C)OC(=O)N1CCN(c2ncnc3cc(-c4nc(N)ccc4C(F)(F)F)c(S(C)(=O)=O)cc23)CC1. The highest BCUT2D eigenvalue weighted by Gasteiger charge is 2.36. The molecule has 1 aliphatic rings. The molecule has 1 fully saturated rings. The minimum atomic E-state index is -4.80. The summed E-state index contributed by atoms with van der Waals surface area (Å²) in [6.07, 6.45) is -3.09. The molecule has 38 heavy (non-hydrogen) atoms. The number of sulfone groups is 1. The second-order valence-corrected chi connectivity index (χ2v) is 11.9. The van der Waals surface area contributed by atoms with Crippen LogP contribution in [0.3, 0.4) is 0 Å². The van der Waals surface area contributed by atoms with Crippen molar-refractivity contribution in [1.29, 1.82) is 0 Å². The van der Waals surface area contributed by atoms with Gasteiger partial charge in [-0.1, -0.05) is 0 Å². The Bertz CT molecular complexity index is 1500. The van der Waals surface area contributed by atoms with Crippen LogP contribution >= 0.6 is 0 Å². The Morgan fingerprint density at radius 2 is 1.71 bits per heavy atom. The van der Waals surface area contributed by atoms with E-state index in [2.05, 4.69) is 15.0 Å². The number of nitrogens with zero attached hydrogens (tertiary/aromatic N) is 5. The molecule has 0 saturated carbocycles. The van der Waals surface area contributed by atoms with E-state index >= 15 is 0 Å². The van der Waals surface area contributed by atoms with Crippen LogP contribution in [0, 0.1) is 0 Å². The molecule has 204 valence electrons. The highest BCUT2D eigenvalue weighted by molar-refractivity contribution is 7.90. The Morgan fingerprint density at radius 1 is 1.05 bits per heavy atom. The number of carbonyl (C=O) groups is 1. The zero-order chi connectivity index (χ0) is 28.0. The summed E-state index contributed by atoms with van der Waals surface area (Å²) in [6.45, 7) is 6.74. The lowest BCUT2D eigenvalue weighted by molar-refractivity contribution is -0.137. The molecule has 0 aliphatic carbocycles. The molecule has 0 spiro atoms. The Hall–Kier alpha value is -3.68. The second-order valence-electron chi connectivity index (χ2n) is 9.92. The highest BCUT2D eigenvalue weighted by Crippen LogP contribution is 2.40. The molecule has 0 unspecified atom stereocenters. The van der Waals surface area contributed by atoms with Crippen LogP contribution in [0.1, 0.15) is 26.3 Å². The normalized spacial score (nSPS) is 15.1. The zero-order valence-electron chi connectivity index (χ0n) is 21.2. The molecule has 1 saturated heterocycles. The lowest BCUT2D eigenvalue weighted by Gasteiger charge is -2.36. The number of nitrogen functional groups attached to an aromatic ring is 1. The number of nitrogens with two attached hydrogens (primary N) is 1. The third-order valence-electron chi connectivity index (χ3n) is 5.82. The van der Waals surface area contributed by atoms with Gasteiger partial charge in [0.1, 0.15) is 23.6 Å². The van der Waals surface area contributed by atoms with Crippen molar-refractivity contribution in [2.24, 2.45) is 0 Å². The van der Waals surface area contributed by atoms with Crippen molar-refractivity contribution in [3.8, 4) is 11.3 Å². The van der Waals surface area contributed by atoms with E-state index in [0.717, 1.165) is 18.4 Å². The summed E-state index contributed by atoms with van der Waals surface area (Å²) in [7, 11) is -4.02. The molecule has 3 heterocycles. The van der Waals surface area contributed by atoms with E-state index in [4.69, 9.17) is 10.5 Å². The summed E-state index contributed by atoms with van der Waals surface area (Å²) in [6, 6.07) is 4.29. The van der Waals surface area contributed by atoms with Crippen LogP contribution < -0.4 is 10.6 Å². The maximum atomic E-state index is 13.8. The number of halogens is 3. The van der Waals surface area contributed by atoms with E-state index in [1.807, 2.05) is 4.90 Å². The number of anilines is 2. The molecule has 0 radical (unpaired) electrons. The van der Waals surface area contributed by atoms with E-state index in [1.165, 1.54) is 18.5 Å². The number of hydrogen-bond acceptors (Lipinski definition) is 9. The average molecular weight is 553 g/mol. The fourth-order valence-electron chi connectivity index (χ4n) is 4.15. The molecule has 0 bridgehead atoms. The van der Waals surface area contributed by atoms with E-state index < -0.39 is 39.0 Å². The second kappa shape index (κ2) is 9.57. The molecule has 3 aromatic rings. The first-order chi connectivity index (χ1) is 17.5. The molecule has 2 N–H and O–H groups in total. The summed E-state index contributed by atoms with van der Waals surface area (Å²) in [5.74, 6) is 0.200. The topological polar surface area (TPSA) is 132 Å². The molecule has 1 aromatic carbocycles. The van der Waals surface area contributed by atoms with Gasteiger partial charge in [0.15, 0.2) is 9.84 Å². The van der Waals surface area contributed by atoms with Crippen LogP contribution in [0.2, 0.25) is 0 Å². The van der Waals surface area contributed by atoms with Crippen LogP contribution in [-0.2, 0) is 20.8 Å². The van der Waals surface area contributed by atoms with Gasteiger partial charge >= 0.3 is 12.3 Å². The van der Waals surface area contributed by atoms with Gasteiger partial charge in [-0.2, -0.15) is 13.2 Å². The number of piperazine rings is 1. The summed E-state index contributed by atoms with van der Waals surface area (Å²) < 4.78 is 72.4. The Morgan fingerprint density at radius 3 is 2.29 bits per heavy atom. The molecule has 0 atom stereocenters. The molecule has 1 aliphatic heterocycles. The van der Waals surface area contributed by atoms with Crippen molar-refractivity contribution in [1.82, 2.24) is 19.9 Å². The fraction of sp³-hybridized carbons (Fsp3) is 0.417. The number of alkyl halides is 3. The van der Waals surface area contributed by atoms with Gasteiger partial charge in [-0.15, -0.1) is 0 Å². The van der Waals surface area contributed by atoms with Gasteiger partial charge in [-0.25, -0.2) is 28.2 Å². The van der Waals surface area contributed by atoms with E-state index in [1.54, 1.807) is 25.7 Å². The Balaban J connectivity index is 1.78. The van der Waals surface area contributed by atoms with Crippen molar-refractivity contribution >= 4 is 38.5 Å². The van der Waals surface area contributed by atoms with Gasteiger partial charge in [0, 0.05) is 43.4 Å². The molecule has 1 amide bonds. The molecule has 14 heteroatoms. The lowest BCUT2D eigenvalue weighted by atomic mass is 10.0. The van der Waals surface area contributed by atoms with Gasteiger partial charge in [0.25, 0.3) is 0 Å². The number of fused-ring (bicyclic) bond motifs is 1. The van der Waals surface area contributed by atoms with Crippen LogP contribution in [0.25, 0.3) is 22.2 Å². The number of aromatic nitrogens is 3. The van der Waals surface area contributed by atoms with Crippen LogP contribution in [0.5, 0.6) is 0 Å². The Labute approximate surface area is 217 Å². The minimum absolute atomic E-state index is 0.196. The summed E-state index contributed by atoms with van der Waals surface area (Å²) in [5.41, 5.74) is 3.27. The molecular weight excluding hydrogens is 525 g/mol. The van der Waals surface area contributed by atoms with Crippen molar-refractivity contribution in [3.05, 3.63) is 36.2 Å². The maximum absolute atomic E-state index is 13.8. The number of amides is 1. The van der Waals surface area contributed by atoms with Crippen LogP contribution in [0.4, 0.5) is 29.6 Å². The van der Waals surface area contributed by atoms with Crippen molar-refractivity contribution in [2.45, 2.75) is 37.4 Å². The van der Waals surface area contributed by atoms with Gasteiger partial charge in [0.2, 0.25) is 0 Å². The fourth-order valence-corrected chi connectivity index (χ4v) is 5.04. The third kappa shape index (κ3) is 5.74. The molecule has 4 rings (SSSR count). The number of benzene rings is 1. The number of pyridine rings is 1. The van der Waals surface area contributed by atoms with Gasteiger partial charge < -0.3 is 20.3 Å². The number of hydrogen-bond donors (Lipinski definition) is 1. The third-order valence-corrected chi connectivity index (χ3v) is 6.96. The predicted molar refractivity (Wildman–Crippen MR) is 135 cm³/mol. The molecule has 10 nitrogen and oxygen atoms in total. The smallest absolute Gasteiger partial charge is 0.418 e. The van der Waals surface area contributed by atoms with Crippen LogP contribution in [0.15, 0.2) is 35.5 Å². The van der Waals surface area contributed by atoms with Gasteiger partial charge in [-0.3, -0.25) is 0 Å².